The SMILES string of the molecule is CC(C)(C)OC(=O)Nc1ccc2c(c1)CCc1cc(Br)ccc1/N=N\2. The molecule has 25 heavy (non-hydrogen) atoms. The van der Waals surface area contributed by atoms with Crippen molar-refractivity contribution in [1.82, 2.24) is 0 Å². The van der Waals surface area contributed by atoms with Crippen LogP contribution in [0.2, 0.25) is 0 Å². The van der Waals surface area contributed by atoms with Gasteiger partial charge in [-0.25, -0.2) is 4.79 Å². The molecule has 1 amide bonds. The normalized spacial score (nSPS) is 14.6. The molecule has 0 aliphatic carbocycles. The van der Waals surface area contributed by atoms with Gasteiger partial charge < -0.3 is 4.74 Å². The van der Waals surface area contributed by atoms with Crippen molar-refractivity contribution in [3.63, 3.8) is 0 Å². The third kappa shape index (κ3) is 4.66. The Hall–Kier alpha value is -2.21. The Balaban J connectivity index is 1.82. The van der Waals surface area contributed by atoms with Crippen molar-refractivity contribution < 1.29 is 9.53 Å². The van der Waals surface area contributed by atoms with E-state index >= 15 is 0 Å². The van der Waals surface area contributed by atoms with Crippen molar-refractivity contribution in [2.24, 2.45) is 10.2 Å². The van der Waals surface area contributed by atoms with Gasteiger partial charge in [0.1, 0.15) is 5.60 Å². The molecule has 0 spiro atoms. The van der Waals surface area contributed by atoms with Crippen molar-refractivity contribution in [3.8, 4) is 0 Å². The number of fused-ring (bicyclic) bond motifs is 2. The molecule has 2 aromatic rings. The van der Waals surface area contributed by atoms with E-state index < -0.39 is 11.7 Å². The quantitative estimate of drug-likeness (QED) is 0.608. The number of carbonyl (C=O) groups is 1. The predicted octanol–water partition coefficient (Wildman–Crippen LogP) is 6.31. The zero-order chi connectivity index (χ0) is 18.0. The van der Waals surface area contributed by atoms with Crippen molar-refractivity contribution >= 4 is 39.1 Å². The molecule has 1 aliphatic rings. The fraction of sp³-hybridized carbons (Fsp3) is 0.316. The fourth-order valence-electron chi connectivity index (χ4n) is 2.61. The van der Waals surface area contributed by atoms with Crippen LogP contribution >= 0.6 is 15.9 Å². The van der Waals surface area contributed by atoms with Crippen molar-refractivity contribution in [2.45, 2.75) is 39.2 Å². The highest BCUT2D eigenvalue weighted by molar-refractivity contribution is 9.10. The average Bonchev–Trinajstić information content (AvgIpc) is 2.49. The summed E-state index contributed by atoms with van der Waals surface area (Å²) in [6.07, 6.45) is 1.22. The number of halogens is 1. The number of carbonyl (C=O) groups excluding carboxylic acids is 1. The van der Waals surface area contributed by atoms with E-state index in [4.69, 9.17) is 4.74 Å². The Bertz CT molecular complexity index is 841. The lowest BCUT2D eigenvalue weighted by Gasteiger charge is -2.20. The van der Waals surface area contributed by atoms with Gasteiger partial charge in [0, 0.05) is 10.2 Å². The van der Waals surface area contributed by atoms with E-state index in [1.807, 2.05) is 51.1 Å². The Morgan fingerprint density at radius 2 is 1.64 bits per heavy atom. The van der Waals surface area contributed by atoms with Crippen LogP contribution in [-0.2, 0) is 17.6 Å². The number of hydrogen-bond acceptors (Lipinski definition) is 4. The highest BCUT2D eigenvalue weighted by Gasteiger charge is 2.17. The van der Waals surface area contributed by atoms with Gasteiger partial charge in [-0.15, -0.1) is 0 Å². The van der Waals surface area contributed by atoms with Crippen LogP contribution in [0.4, 0.5) is 21.9 Å². The number of nitrogens with zero attached hydrogens (tertiary/aromatic N) is 2. The minimum atomic E-state index is -0.529. The van der Waals surface area contributed by atoms with E-state index in [1.54, 1.807) is 0 Å². The molecular weight excluding hydrogens is 382 g/mol. The lowest BCUT2D eigenvalue weighted by Crippen LogP contribution is -2.27. The zero-order valence-corrected chi connectivity index (χ0v) is 16.1. The van der Waals surface area contributed by atoms with Gasteiger partial charge in [-0.2, -0.15) is 10.2 Å². The molecule has 1 aliphatic heterocycles. The molecule has 6 heteroatoms. The van der Waals surface area contributed by atoms with Crippen LogP contribution in [0.1, 0.15) is 31.9 Å². The Morgan fingerprint density at radius 3 is 2.28 bits per heavy atom. The van der Waals surface area contributed by atoms with Gasteiger partial charge in [0.2, 0.25) is 0 Å². The summed E-state index contributed by atoms with van der Waals surface area (Å²) in [5.41, 5.74) is 4.07. The molecule has 0 bridgehead atoms. The molecule has 5 nitrogen and oxygen atoms in total. The van der Waals surface area contributed by atoms with Gasteiger partial charge in [-0.05, 0) is 81.1 Å². The topological polar surface area (TPSA) is 63.0 Å². The lowest BCUT2D eigenvalue weighted by molar-refractivity contribution is 0.0636. The largest absolute Gasteiger partial charge is 0.444 e. The van der Waals surface area contributed by atoms with Crippen LogP contribution in [0.3, 0.4) is 0 Å². The molecule has 0 saturated carbocycles. The number of benzene rings is 2. The first-order valence-corrected chi connectivity index (χ1v) is 8.92. The number of azo groups is 1. The minimum Gasteiger partial charge on any atom is -0.444 e. The molecule has 130 valence electrons. The maximum absolute atomic E-state index is 11.9. The van der Waals surface area contributed by atoms with E-state index in [1.165, 1.54) is 0 Å². The number of hydrogen-bond donors (Lipinski definition) is 1. The van der Waals surface area contributed by atoms with Gasteiger partial charge in [-0.3, -0.25) is 5.32 Å². The highest BCUT2D eigenvalue weighted by Crippen LogP contribution is 2.33. The molecule has 2 aromatic carbocycles. The zero-order valence-electron chi connectivity index (χ0n) is 14.5. The molecule has 0 fully saturated rings. The van der Waals surface area contributed by atoms with Crippen LogP contribution in [0.5, 0.6) is 0 Å². The molecule has 0 radical (unpaired) electrons. The van der Waals surface area contributed by atoms with Crippen molar-refractivity contribution in [3.05, 3.63) is 52.0 Å². The number of nitrogens with one attached hydrogen (secondary N) is 1. The molecule has 3 rings (SSSR count). The second-order valence-corrected chi connectivity index (χ2v) is 7.86. The number of anilines is 1. The second kappa shape index (κ2) is 6.96. The second-order valence-electron chi connectivity index (χ2n) is 6.94. The van der Waals surface area contributed by atoms with Crippen LogP contribution < -0.4 is 5.32 Å². The molecular formula is C19H20BrN3O2. The first kappa shape index (κ1) is 17.6. The van der Waals surface area contributed by atoms with E-state index in [-0.39, 0.29) is 0 Å². The van der Waals surface area contributed by atoms with Crippen molar-refractivity contribution in [2.75, 3.05) is 5.32 Å². The number of rotatable bonds is 1. The Labute approximate surface area is 155 Å². The molecule has 0 saturated heterocycles. The summed E-state index contributed by atoms with van der Waals surface area (Å²) in [6.45, 7) is 5.51. The Morgan fingerprint density at radius 1 is 1.04 bits per heavy atom. The molecule has 0 atom stereocenters. The summed E-state index contributed by atoms with van der Waals surface area (Å²) in [4.78, 5) is 11.9. The summed E-state index contributed by atoms with van der Waals surface area (Å²) in [6, 6.07) is 11.6. The van der Waals surface area contributed by atoms with Gasteiger partial charge >= 0.3 is 6.09 Å². The first-order valence-electron chi connectivity index (χ1n) is 8.13. The summed E-state index contributed by atoms with van der Waals surface area (Å²) in [7, 11) is 0. The number of aryl methyl sites for hydroxylation is 2. The van der Waals surface area contributed by atoms with Gasteiger partial charge in [0.15, 0.2) is 0 Å². The maximum Gasteiger partial charge on any atom is 0.412 e. The van der Waals surface area contributed by atoms with E-state index in [2.05, 4.69) is 37.5 Å². The van der Waals surface area contributed by atoms with E-state index in [9.17, 15) is 4.79 Å². The Kier molecular flexibility index (Phi) is 4.90. The molecule has 0 unspecified atom stereocenters. The van der Waals surface area contributed by atoms with Crippen LogP contribution in [0.25, 0.3) is 0 Å². The molecule has 1 heterocycles. The third-order valence-electron chi connectivity index (χ3n) is 3.70. The van der Waals surface area contributed by atoms with Crippen LogP contribution in [-0.4, -0.2) is 11.7 Å². The smallest absolute Gasteiger partial charge is 0.412 e. The number of ether oxygens (including phenoxy) is 1. The minimum absolute atomic E-state index is 0.464. The standard InChI is InChI=1S/C19H20BrN3O2/c1-19(2,3)25-18(24)21-15-7-9-17-13(11-15)5-4-12-10-14(20)6-8-16(12)22-23-17/h6-11H,4-5H2,1-3H3,(H,21,24)/b23-22-. The molecule has 0 aromatic heterocycles. The summed E-state index contributed by atoms with van der Waals surface area (Å²) < 4.78 is 6.32. The third-order valence-corrected chi connectivity index (χ3v) is 4.19. The van der Waals surface area contributed by atoms with Gasteiger partial charge in [0.25, 0.3) is 0 Å². The van der Waals surface area contributed by atoms with Crippen molar-refractivity contribution in [1.29, 1.82) is 0 Å². The van der Waals surface area contributed by atoms with Crippen LogP contribution in [0, 0.1) is 0 Å². The average molecular weight is 402 g/mol. The lowest BCUT2D eigenvalue weighted by atomic mass is 10.0. The summed E-state index contributed by atoms with van der Waals surface area (Å²) in [5, 5.41) is 11.5. The fourth-order valence-corrected chi connectivity index (χ4v) is 3.02. The van der Waals surface area contributed by atoms with Gasteiger partial charge in [0.05, 0.1) is 11.4 Å². The highest BCUT2D eigenvalue weighted by atomic mass is 79.9. The van der Waals surface area contributed by atoms with Crippen LogP contribution in [0.15, 0.2) is 51.1 Å². The first-order chi connectivity index (χ1) is 11.8. The van der Waals surface area contributed by atoms with E-state index in [0.29, 0.717) is 5.69 Å². The maximum atomic E-state index is 11.9. The number of amides is 1. The predicted molar refractivity (Wildman–Crippen MR) is 102 cm³/mol. The summed E-state index contributed by atoms with van der Waals surface area (Å²) >= 11 is 3.50. The monoisotopic (exact) mass is 401 g/mol. The molecule has 1 N–H and O–H groups in total. The van der Waals surface area contributed by atoms with E-state index in [0.717, 1.165) is 39.8 Å². The van der Waals surface area contributed by atoms with Gasteiger partial charge in [-0.1, -0.05) is 15.9 Å². The summed E-state index contributed by atoms with van der Waals surface area (Å²) in [5.74, 6) is 0.